The van der Waals surface area contributed by atoms with Gasteiger partial charge in [0, 0.05) is 22.6 Å². The van der Waals surface area contributed by atoms with Crippen molar-refractivity contribution in [3.8, 4) is 0 Å². The monoisotopic (exact) mass is 213 g/mol. The first-order chi connectivity index (χ1) is 6.45. The van der Waals surface area contributed by atoms with Crippen molar-refractivity contribution in [1.29, 1.82) is 0 Å². The number of rotatable bonds is 3. The predicted molar refractivity (Wildman–Crippen MR) is 60.3 cm³/mol. The summed E-state index contributed by atoms with van der Waals surface area (Å²) in [5, 5.41) is 4.27. The summed E-state index contributed by atoms with van der Waals surface area (Å²) in [7, 11) is 0. The zero-order chi connectivity index (χ0) is 8.93. The highest BCUT2D eigenvalue weighted by molar-refractivity contribution is 7.99. The molecule has 0 amide bonds. The van der Waals surface area contributed by atoms with E-state index in [2.05, 4.69) is 22.1 Å². The molecule has 3 heteroatoms. The molecule has 72 valence electrons. The van der Waals surface area contributed by atoms with Gasteiger partial charge in [-0.25, -0.2) is 4.98 Å². The second-order valence-electron chi connectivity index (χ2n) is 3.50. The number of aromatic nitrogens is 1. The molecular formula is C10H15NS2. The molecule has 0 radical (unpaired) electrons. The lowest BCUT2D eigenvalue weighted by Gasteiger charge is -2.20. The van der Waals surface area contributed by atoms with Crippen molar-refractivity contribution in [2.75, 3.05) is 0 Å². The van der Waals surface area contributed by atoms with E-state index < -0.39 is 0 Å². The Bertz CT molecular complexity index is 227. The molecule has 1 aliphatic rings. The third kappa shape index (κ3) is 2.99. The highest BCUT2D eigenvalue weighted by atomic mass is 32.2. The summed E-state index contributed by atoms with van der Waals surface area (Å²) in [6.45, 7) is 0. The summed E-state index contributed by atoms with van der Waals surface area (Å²) in [6, 6.07) is 0. The van der Waals surface area contributed by atoms with Crippen LogP contribution in [0.4, 0.5) is 0 Å². The highest BCUT2D eigenvalue weighted by Gasteiger charge is 2.13. The molecule has 2 rings (SSSR count). The van der Waals surface area contributed by atoms with Crippen LogP contribution in [0.15, 0.2) is 11.6 Å². The standard InChI is InChI=1S/C10H15NS2/c1-2-4-9(5-3-1)13-8-10-11-6-7-12-10/h6-7,9H,1-5,8H2. The number of hydrogen-bond donors (Lipinski definition) is 0. The summed E-state index contributed by atoms with van der Waals surface area (Å²) in [5.74, 6) is 1.13. The molecule has 0 unspecified atom stereocenters. The fourth-order valence-electron chi connectivity index (χ4n) is 1.75. The summed E-state index contributed by atoms with van der Waals surface area (Å²) in [6.07, 6.45) is 9.09. The van der Waals surface area contributed by atoms with Crippen LogP contribution in [0.3, 0.4) is 0 Å². The van der Waals surface area contributed by atoms with Gasteiger partial charge >= 0.3 is 0 Å². The molecule has 13 heavy (non-hydrogen) atoms. The van der Waals surface area contributed by atoms with Crippen molar-refractivity contribution < 1.29 is 0 Å². The Morgan fingerprint density at radius 3 is 2.92 bits per heavy atom. The molecule has 0 aliphatic heterocycles. The van der Waals surface area contributed by atoms with Crippen LogP contribution < -0.4 is 0 Å². The zero-order valence-electron chi connectivity index (χ0n) is 7.74. The maximum atomic E-state index is 4.30. The van der Waals surface area contributed by atoms with E-state index in [4.69, 9.17) is 0 Å². The van der Waals surface area contributed by atoms with E-state index in [1.807, 2.05) is 6.20 Å². The molecule has 0 atom stereocenters. The second-order valence-corrected chi connectivity index (χ2v) is 5.76. The van der Waals surface area contributed by atoms with Crippen LogP contribution in [0.25, 0.3) is 0 Å². The van der Waals surface area contributed by atoms with Crippen LogP contribution >= 0.6 is 23.1 Å². The SMILES string of the molecule is c1csc(CSC2CCCCC2)n1. The van der Waals surface area contributed by atoms with Gasteiger partial charge in [0.1, 0.15) is 5.01 Å². The van der Waals surface area contributed by atoms with E-state index in [0.717, 1.165) is 11.0 Å². The lowest BCUT2D eigenvalue weighted by Crippen LogP contribution is -2.07. The van der Waals surface area contributed by atoms with Gasteiger partial charge in [-0.2, -0.15) is 11.8 Å². The molecular weight excluding hydrogens is 198 g/mol. The minimum absolute atomic E-state index is 0.914. The van der Waals surface area contributed by atoms with Gasteiger partial charge in [-0.05, 0) is 12.8 Å². The lowest BCUT2D eigenvalue weighted by molar-refractivity contribution is 0.516. The van der Waals surface area contributed by atoms with Crippen molar-refractivity contribution in [3.63, 3.8) is 0 Å². The molecule has 0 spiro atoms. The Kier molecular flexibility index (Phi) is 3.67. The van der Waals surface area contributed by atoms with Crippen molar-refractivity contribution in [1.82, 2.24) is 4.98 Å². The third-order valence-electron chi connectivity index (χ3n) is 2.48. The fourth-order valence-corrected chi connectivity index (χ4v) is 3.74. The number of nitrogens with zero attached hydrogens (tertiary/aromatic N) is 1. The summed E-state index contributed by atoms with van der Waals surface area (Å²) in [4.78, 5) is 4.30. The highest BCUT2D eigenvalue weighted by Crippen LogP contribution is 2.30. The molecule has 1 heterocycles. The van der Waals surface area contributed by atoms with E-state index >= 15 is 0 Å². The van der Waals surface area contributed by atoms with Crippen LogP contribution in [0, 0.1) is 0 Å². The lowest BCUT2D eigenvalue weighted by atomic mass is 10.0. The molecule has 1 aliphatic carbocycles. The van der Waals surface area contributed by atoms with Crippen LogP contribution in [-0.4, -0.2) is 10.2 Å². The molecule has 0 N–H and O–H groups in total. The summed E-state index contributed by atoms with van der Waals surface area (Å²) < 4.78 is 0. The Morgan fingerprint density at radius 2 is 2.23 bits per heavy atom. The van der Waals surface area contributed by atoms with Crippen LogP contribution in [0.2, 0.25) is 0 Å². The summed E-state index contributed by atoms with van der Waals surface area (Å²) >= 11 is 3.88. The fraction of sp³-hybridized carbons (Fsp3) is 0.700. The van der Waals surface area contributed by atoms with Crippen LogP contribution in [0.5, 0.6) is 0 Å². The average Bonchev–Trinajstić information content (AvgIpc) is 2.69. The molecule has 1 fully saturated rings. The topological polar surface area (TPSA) is 12.9 Å². The van der Waals surface area contributed by atoms with Crippen molar-refractivity contribution in [3.05, 3.63) is 16.6 Å². The molecule has 1 nitrogen and oxygen atoms in total. The second kappa shape index (κ2) is 5.01. The van der Waals surface area contributed by atoms with Gasteiger partial charge in [0.25, 0.3) is 0 Å². The Labute approximate surface area is 88.0 Å². The molecule has 0 saturated heterocycles. The molecule has 1 aromatic heterocycles. The van der Waals surface area contributed by atoms with E-state index in [-0.39, 0.29) is 0 Å². The maximum Gasteiger partial charge on any atom is 0.102 e. The predicted octanol–water partition coefficient (Wildman–Crippen LogP) is 3.71. The van der Waals surface area contributed by atoms with Crippen molar-refractivity contribution in [2.45, 2.75) is 43.1 Å². The van der Waals surface area contributed by atoms with Gasteiger partial charge < -0.3 is 0 Å². The normalized spacial score (nSPS) is 19.1. The van der Waals surface area contributed by atoms with Crippen LogP contribution in [0.1, 0.15) is 37.1 Å². The van der Waals surface area contributed by atoms with Crippen molar-refractivity contribution >= 4 is 23.1 Å². The quantitative estimate of drug-likeness (QED) is 0.759. The minimum atomic E-state index is 0.914. The Morgan fingerprint density at radius 1 is 1.38 bits per heavy atom. The zero-order valence-corrected chi connectivity index (χ0v) is 9.37. The average molecular weight is 213 g/mol. The minimum Gasteiger partial charge on any atom is -0.249 e. The Hall–Kier alpha value is -0.0200. The van der Waals surface area contributed by atoms with Gasteiger partial charge in [-0.15, -0.1) is 11.3 Å². The smallest absolute Gasteiger partial charge is 0.102 e. The summed E-state index contributed by atoms with van der Waals surface area (Å²) in [5.41, 5.74) is 0. The Balaban J connectivity index is 1.72. The van der Waals surface area contributed by atoms with Gasteiger partial charge in [0.2, 0.25) is 0 Å². The van der Waals surface area contributed by atoms with E-state index in [1.165, 1.54) is 37.1 Å². The van der Waals surface area contributed by atoms with Gasteiger partial charge in [0.15, 0.2) is 0 Å². The largest absolute Gasteiger partial charge is 0.249 e. The number of thioether (sulfide) groups is 1. The van der Waals surface area contributed by atoms with Crippen LogP contribution in [-0.2, 0) is 5.75 Å². The van der Waals surface area contributed by atoms with Gasteiger partial charge in [-0.1, -0.05) is 19.3 Å². The number of hydrogen-bond acceptors (Lipinski definition) is 3. The van der Waals surface area contributed by atoms with E-state index in [9.17, 15) is 0 Å². The van der Waals surface area contributed by atoms with E-state index in [1.54, 1.807) is 11.3 Å². The molecule has 0 aromatic carbocycles. The van der Waals surface area contributed by atoms with Crippen molar-refractivity contribution in [2.24, 2.45) is 0 Å². The first-order valence-corrected chi connectivity index (χ1v) is 6.88. The van der Waals surface area contributed by atoms with Gasteiger partial charge in [-0.3, -0.25) is 0 Å². The maximum absolute atomic E-state index is 4.30. The first kappa shape index (κ1) is 9.53. The first-order valence-electron chi connectivity index (χ1n) is 4.95. The van der Waals surface area contributed by atoms with Gasteiger partial charge in [0.05, 0.1) is 0 Å². The number of thiazole rings is 1. The molecule has 0 bridgehead atoms. The molecule has 1 saturated carbocycles. The molecule has 1 aromatic rings. The van der Waals surface area contributed by atoms with E-state index in [0.29, 0.717) is 0 Å². The third-order valence-corrected chi connectivity index (χ3v) is 4.82.